The molecule has 10 nitrogen and oxygen atoms in total. The molecule has 12 heteroatoms. The first-order valence-corrected chi connectivity index (χ1v) is 14.4. The second-order valence-electron chi connectivity index (χ2n) is 11.4. The third-order valence-corrected chi connectivity index (χ3v) is 10.8. The second-order valence-corrected chi connectivity index (χ2v) is 12.6. The average Bonchev–Trinajstić information content (AvgIpc) is 3.32. The molecule has 0 aromatic heterocycles. The molecule has 0 bridgehead atoms. The number of Topliss-reactive ketones (excluding diaryl/α,β-unsaturated/α-hetero) is 1. The van der Waals surface area contributed by atoms with Gasteiger partial charge in [0.05, 0.1) is 31.7 Å². The van der Waals surface area contributed by atoms with Gasteiger partial charge in [0.2, 0.25) is 11.8 Å². The molecular weight excluding hydrogens is 599 g/mol. The van der Waals surface area contributed by atoms with Crippen LogP contribution in [0.25, 0.3) is 0 Å². The van der Waals surface area contributed by atoms with Crippen molar-refractivity contribution in [1.29, 1.82) is 0 Å². The first kappa shape index (κ1) is 29.2. The fourth-order valence-electron chi connectivity index (χ4n) is 7.33. The number of amides is 4. The standard InChI is InChI=1S/C31H28Cl2N2O8/c1-14(36)15-5-7-16(8-6-15)35-26(38)19-10-9-18-20(23(19)27(35)39)13-30(32)28(40)34(2)29(41)31(30,33)25(18)24-21(37)11-17(42-3)12-22(24)43-4/h5-9,11-12,19-20,23,25,37H,10,13H2,1-4H3. The highest BCUT2D eigenvalue weighted by atomic mass is 35.5. The molecule has 2 aliphatic heterocycles. The van der Waals surface area contributed by atoms with Crippen LogP contribution >= 0.6 is 23.2 Å². The molecule has 6 atom stereocenters. The predicted octanol–water partition coefficient (Wildman–Crippen LogP) is 3.81. The van der Waals surface area contributed by atoms with E-state index in [0.29, 0.717) is 16.8 Å². The third kappa shape index (κ3) is 3.75. The van der Waals surface area contributed by atoms with Gasteiger partial charge in [-0.2, -0.15) is 0 Å². The van der Waals surface area contributed by atoms with Crippen molar-refractivity contribution in [2.24, 2.45) is 17.8 Å². The van der Waals surface area contributed by atoms with Gasteiger partial charge in [0.25, 0.3) is 11.8 Å². The number of hydrogen-bond donors (Lipinski definition) is 1. The van der Waals surface area contributed by atoms with E-state index in [4.69, 9.17) is 32.7 Å². The van der Waals surface area contributed by atoms with Crippen LogP contribution in [0.5, 0.6) is 17.2 Å². The van der Waals surface area contributed by atoms with Crippen LogP contribution in [0, 0.1) is 17.8 Å². The van der Waals surface area contributed by atoms with E-state index >= 15 is 0 Å². The van der Waals surface area contributed by atoms with Gasteiger partial charge in [-0.25, -0.2) is 0 Å². The molecule has 2 aromatic rings. The highest BCUT2D eigenvalue weighted by molar-refractivity contribution is 6.53. The number of anilines is 1. The zero-order valence-electron chi connectivity index (χ0n) is 23.7. The number of hydrogen-bond acceptors (Lipinski definition) is 8. The van der Waals surface area contributed by atoms with Crippen molar-refractivity contribution in [2.75, 3.05) is 26.2 Å². The fraction of sp³-hybridized carbons (Fsp3) is 0.387. The zero-order valence-corrected chi connectivity index (χ0v) is 25.2. The number of fused-ring (bicyclic) bond motifs is 4. The highest BCUT2D eigenvalue weighted by Gasteiger charge is 2.76. The number of nitrogens with zero attached hydrogens (tertiary/aromatic N) is 2. The zero-order chi connectivity index (χ0) is 31.2. The van der Waals surface area contributed by atoms with Crippen molar-refractivity contribution in [3.8, 4) is 17.2 Å². The summed E-state index contributed by atoms with van der Waals surface area (Å²) in [5.74, 6) is -6.08. The lowest BCUT2D eigenvalue weighted by Crippen LogP contribution is -2.60. The van der Waals surface area contributed by atoms with Crippen LogP contribution < -0.4 is 14.4 Å². The smallest absolute Gasteiger partial charge is 0.253 e. The Hall–Kier alpha value is -3.89. The number of benzene rings is 2. The van der Waals surface area contributed by atoms with Gasteiger partial charge >= 0.3 is 0 Å². The van der Waals surface area contributed by atoms with Gasteiger partial charge in [0.1, 0.15) is 17.2 Å². The molecule has 2 heterocycles. The van der Waals surface area contributed by atoms with Gasteiger partial charge in [0, 0.05) is 36.2 Å². The van der Waals surface area contributed by atoms with E-state index in [0.717, 1.165) is 9.80 Å². The molecule has 43 heavy (non-hydrogen) atoms. The molecule has 6 rings (SSSR count). The maximum Gasteiger partial charge on any atom is 0.253 e. The Morgan fingerprint density at radius 3 is 2.26 bits per heavy atom. The number of aromatic hydroxyl groups is 1. The number of ketones is 1. The van der Waals surface area contributed by atoms with Crippen molar-refractivity contribution in [3.05, 3.63) is 59.2 Å². The Labute approximate surface area is 257 Å². The molecule has 0 spiro atoms. The summed E-state index contributed by atoms with van der Waals surface area (Å²) in [6, 6.07) is 9.04. The van der Waals surface area contributed by atoms with E-state index in [1.165, 1.54) is 40.3 Å². The van der Waals surface area contributed by atoms with Crippen molar-refractivity contribution >= 4 is 58.3 Å². The number of phenolic OH excluding ortho intramolecular Hbond substituents is 1. The second kappa shape index (κ2) is 9.82. The summed E-state index contributed by atoms with van der Waals surface area (Å²) < 4.78 is 10.9. The Morgan fingerprint density at radius 2 is 1.65 bits per heavy atom. The number of carbonyl (C=O) groups is 5. The van der Waals surface area contributed by atoms with E-state index in [-0.39, 0.29) is 41.4 Å². The molecule has 2 saturated heterocycles. The van der Waals surface area contributed by atoms with Crippen molar-refractivity contribution in [1.82, 2.24) is 4.90 Å². The topological polar surface area (TPSA) is 131 Å². The number of carbonyl (C=O) groups excluding carboxylic acids is 5. The number of rotatable bonds is 5. The molecule has 6 unspecified atom stereocenters. The maximum atomic E-state index is 14.1. The molecule has 4 aliphatic rings. The lowest BCUT2D eigenvalue weighted by atomic mass is 9.56. The minimum atomic E-state index is -2.08. The summed E-state index contributed by atoms with van der Waals surface area (Å²) in [6.45, 7) is 1.42. The fourth-order valence-corrected chi connectivity index (χ4v) is 8.33. The van der Waals surface area contributed by atoms with E-state index in [9.17, 15) is 29.1 Å². The minimum Gasteiger partial charge on any atom is -0.507 e. The number of methoxy groups -OCH3 is 2. The summed E-state index contributed by atoms with van der Waals surface area (Å²) in [7, 11) is 4.08. The Kier molecular flexibility index (Phi) is 6.67. The Bertz CT molecular complexity index is 1660. The lowest BCUT2D eigenvalue weighted by molar-refractivity contribution is -0.138. The summed E-state index contributed by atoms with van der Waals surface area (Å²) in [5.41, 5.74) is 1.38. The van der Waals surface area contributed by atoms with Crippen LogP contribution in [0.15, 0.2) is 48.0 Å². The van der Waals surface area contributed by atoms with Gasteiger partial charge in [-0.05, 0) is 49.9 Å². The summed E-state index contributed by atoms with van der Waals surface area (Å²) in [4.78, 5) is 64.9. The van der Waals surface area contributed by atoms with Gasteiger partial charge in [0.15, 0.2) is 15.5 Å². The van der Waals surface area contributed by atoms with Crippen molar-refractivity contribution < 1.29 is 38.6 Å². The minimum absolute atomic E-state index is 0.114. The Balaban J connectivity index is 1.52. The summed E-state index contributed by atoms with van der Waals surface area (Å²) >= 11 is 14.4. The van der Waals surface area contributed by atoms with E-state index < -0.39 is 57.0 Å². The van der Waals surface area contributed by atoms with Crippen LogP contribution in [0.3, 0.4) is 0 Å². The molecule has 4 amide bonds. The van der Waals surface area contributed by atoms with Crippen LogP contribution in [0.1, 0.15) is 41.6 Å². The average molecular weight is 627 g/mol. The number of imide groups is 2. The van der Waals surface area contributed by atoms with Gasteiger partial charge in [-0.3, -0.25) is 33.8 Å². The number of allylic oxidation sites excluding steroid dienone is 2. The van der Waals surface area contributed by atoms with E-state index in [1.807, 2.05) is 0 Å². The molecule has 2 aliphatic carbocycles. The number of phenols is 1. The number of alkyl halides is 2. The molecule has 1 saturated carbocycles. The van der Waals surface area contributed by atoms with E-state index in [2.05, 4.69) is 0 Å². The Morgan fingerprint density at radius 1 is 0.977 bits per heavy atom. The molecule has 224 valence electrons. The quantitative estimate of drug-likeness (QED) is 0.229. The first-order chi connectivity index (χ1) is 20.3. The first-order valence-electron chi connectivity index (χ1n) is 13.7. The van der Waals surface area contributed by atoms with Gasteiger partial charge in [-0.15, -0.1) is 23.2 Å². The molecule has 1 N–H and O–H groups in total. The van der Waals surface area contributed by atoms with Crippen LogP contribution in [0.2, 0.25) is 0 Å². The van der Waals surface area contributed by atoms with Crippen molar-refractivity contribution in [2.45, 2.75) is 35.4 Å². The number of ether oxygens (including phenoxy) is 2. The van der Waals surface area contributed by atoms with Crippen LogP contribution in [0.4, 0.5) is 5.69 Å². The van der Waals surface area contributed by atoms with Crippen LogP contribution in [-0.2, 0) is 19.2 Å². The monoisotopic (exact) mass is 626 g/mol. The van der Waals surface area contributed by atoms with E-state index in [1.54, 1.807) is 30.3 Å². The number of likely N-dealkylation sites (tertiary alicyclic amines) is 1. The molecular formula is C31H28Cl2N2O8. The van der Waals surface area contributed by atoms with Crippen molar-refractivity contribution in [3.63, 3.8) is 0 Å². The maximum absolute atomic E-state index is 14.1. The summed E-state index contributed by atoms with van der Waals surface area (Å²) in [6.07, 6.45) is 1.73. The molecule has 3 fully saturated rings. The predicted molar refractivity (Wildman–Crippen MR) is 156 cm³/mol. The van der Waals surface area contributed by atoms with Gasteiger partial charge in [-0.1, -0.05) is 11.6 Å². The molecule has 0 radical (unpaired) electrons. The lowest BCUT2D eigenvalue weighted by Gasteiger charge is -2.51. The number of halogens is 2. The third-order valence-electron chi connectivity index (χ3n) is 9.38. The largest absolute Gasteiger partial charge is 0.507 e. The normalized spacial score (nSPS) is 31.4. The van der Waals surface area contributed by atoms with Gasteiger partial charge < -0.3 is 14.6 Å². The summed E-state index contributed by atoms with van der Waals surface area (Å²) in [5, 5.41) is 11.3. The highest BCUT2D eigenvalue weighted by Crippen LogP contribution is 2.67. The SMILES string of the molecule is COc1cc(O)c(C2C3=CCC4C(=O)N(c5ccc(C(C)=O)cc5)C(=O)C4C3CC3(Cl)C(=O)N(C)C(=O)C23Cl)c(OC)c1. The molecule has 2 aromatic carbocycles. The van der Waals surface area contributed by atoms with Crippen LogP contribution in [-0.4, -0.2) is 70.4 Å².